The van der Waals surface area contributed by atoms with Crippen molar-refractivity contribution in [1.82, 2.24) is 25.2 Å². The fourth-order valence-electron chi connectivity index (χ4n) is 3.84. The Hall–Kier alpha value is -3.00. The zero-order valence-corrected chi connectivity index (χ0v) is 16.7. The lowest BCUT2D eigenvalue weighted by molar-refractivity contribution is 0.0946. The molecule has 2 fully saturated rings. The molecule has 1 saturated heterocycles. The molecule has 156 valence electrons. The molecule has 1 saturated carbocycles. The fraction of sp³-hybridized carbons (Fsp3) is 0.409. The number of carbonyl (C=O) groups is 1. The van der Waals surface area contributed by atoms with Gasteiger partial charge in [-0.2, -0.15) is 0 Å². The average Bonchev–Trinajstić information content (AvgIpc) is 3.26. The molecule has 0 spiro atoms. The molecule has 8 heteroatoms. The summed E-state index contributed by atoms with van der Waals surface area (Å²) in [5, 5.41) is 14.1. The van der Waals surface area contributed by atoms with Gasteiger partial charge >= 0.3 is 0 Å². The topological polar surface area (TPSA) is 83.3 Å². The van der Waals surface area contributed by atoms with Gasteiger partial charge in [-0.05, 0) is 62.4 Å². The van der Waals surface area contributed by atoms with E-state index in [2.05, 4.69) is 26.0 Å². The molecule has 0 unspecified atom stereocenters. The zero-order chi connectivity index (χ0) is 20.5. The average molecular weight is 408 g/mol. The van der Waals surface area contributed by atoms with Crippen LogP contribution in [0.3, 0.4) is 0 Å². The number of nitrogens with one attached hydrogen (secondary N) is 3. The van der Waals surface area contributed by atoms with Gasteiger partial charge in [-0.15, -0.1) is 5.10 Å². The van der Waals surface area contributed by atoms with Crippen LogP contribution < -0.4 is 16.0 Å². The molecule has 3 aromatic rings. The second-order valence-corrected chi connectivity index (χ2v) is 8.15. The first-order valence-corrected chi connectivity index (χ1v) is 10.6. The van der Waals surface area contributed by atoms with Gasteiger partial charge in [-0.3, -0.25) is 4.79 Å². The summed E-state index contributed by atoms with van der Waals surface area (Å²) in [7, 11) is 0. The highest BCUT2D eigenvalue weighted by molar-refractivity contribution is 5.95. The first-order valence-electron chi connectivity index (χ1n) is 10.6. The first kappa shape index (κ1) is 19.0. The van der Waals surface area contributed by atoms with Crippen molar-refractivity contribution in [3.05, 3.63) is 47.9 Å². The van der Waals surface area contributed by atoms with Crippen molar-refractivity contribution >= 4 is 17.4 Å². The van der Waals surface area contributed by atoms with E-state index < -0.39 is 11.7 Å². The molecule has 3 heterocycles. The van der Waals surface area contributed by atoms with Gasteiger partial charge in [0.25, 0.3) is 5.91 Å². The third-order valence-electron chi connectivity index (χ3n) is 5.81. The summed E-state index contributed by atoms with van der Waals surface area (Å²) in [4.78, 5) is 16.8. The largest absolute Gasteiger partial charge is 0.368 e. The molecule has 1 atom stereocenters. The SMILES string of the molecule is O=C(NC[C@@H]1CCCN1)c1ccc(-c2cnc3ccc(NCC4CC4)nn23)cc1F. The summed E-state index contributed by atoms with van der Waals surface area (Å²) in [5.74, 6) is 0.561. The molecule has 1 aliphatic carbocycles. The van der Waals surface area contributed by atoms with Crippen molar-refractivity contribution in [2.75, 3.05) is 25.0 Å². The number of rotatable bonds is 7. The van der Waals surface area contributed by atoms with Gasteiger partial charge in [0, 0.05) is 24.7 Å². The maximum absolute atomic E-state index is 14.8. The number of aromatic nitrogens is 3. The molecule has 0 bridgehead atoms. The van der Waals surface area contributed by atoms with E-state index in [1.807, 2.05) is 12.1 Å². The minimum absolute atomic E-state index is 0.0466. The van der Waals surface area contributed by atoms with E-state index in [9.17, 15) is 9.18 Å². The van der Waals surface area contributed by atoms with Crippen LogP contribution in [0.1, 0.15) is 36.0 Å². The highest BCUT2D eigenvalue weighted by atomic mass is 19.1. The van der Waals surface area contributed by atoms with E-state index in [1.54, 1.807) is 16.8 Å². The molecule has 1 amide bonds. The minimum atomic E-state index is -0.553. The molecule has 7 nitrogen and oxygen atoms in total. The summed E-state index contributed by atoms with van der Waals surface area (Å²) in [6.07, 6.45) is 6.34. The number of halogens is 1. The third kappa shape index (κ3) is 4.00. The van der Waals surface area contributed by atoms with Gasteiger partial charge in [0.1, 0.15) is 11.6 Å². The Labute approximate surface area is 174 Å². The molecular formula is C22H25FN6O. The molecule has 0 radical (unpaired) electrons. The third-order valence-corrected chi connectivity index (χ3v) is 5.81. The van der Waals surface area contributed by atoms with Gasteiger partial charge in [0.2, 0.25) is 0 Å². The molecule has 1 aromatic carbocycles. The zero-order valence-electron chi connectivity index (χ0n) is 16.7. The number of benzene rings is 1. The van der Waals surface area contributed by atoms with E-state index in [-0.39, 0.29) is 11.6 Å². The van der Waals surface area contributed by atoms with Crippen LogP contribution in [-0.2, 0) is 0 Å². The summed E-state index contributed by atoms with van der Waals surface area (Å²) in [6.45, 7) is 2.39. The number of imidazole rings is 1. The highest BCUT2D eigenvalue weighted by Gasteiger charge is 2.21. The lowest BCUT2D eigenvalue weighted by Gasteiger charge is -2.12. The number of hydrogen-bond acceptors (Lipinski definition) is 5. The second kappa shape index (κ2) is 8.02. The van der Waals surface area contributed by atoms with Crippen molar-refractivity contribution in [3.8, 4) is 11.3 Å². The number of hydrogen-bond donors (Lipinski definition) is 3. The van der Waals surface area contributed by atoms with Crippen molar-refractivity contribution in [2.24, 2.45) is 5.92 Å². The summed E-state index contributed by atoms with van der Waals surface area (Å²) >= 11 is 0. The van der Waals surface area contributed by atoms with Crippen LogP contribution in [0.5, 0.6) is 0 Å². The molecule has 5 rings (SSSR count). The molecular weight excluding hydrogens is 383 g/mol. The number of carbonyl (C=O) groups excluding carboxylic acids is 1. The van der Waals surface area contributed by atoms with Crippen LogP contribution in [0, 0.1) is 11.7 Å². The fourth-order valence-corrected chi connectivity index (χ4v) is 3.84. The van der Waals surface area contributed by atoms with Gasteiger partial charge in [-0.1, -0.05) is 6.07 Å². The van der Waals surface area contributed by atoms with Crippen molar-refractivity contribution < 1.29 is 9.18 Å². The number of anilines is 1. The molecule has 1 aliphatic heterocycles. The normalized spacial score (nSPS) is 18.6. The predicted octanol–water partition coefficient (Wildman–Crippen LogP) is 2.84. The number of nitrogens with zero attached hydrogens (tertiary/aromatic N) is 3. The van der Waals surface area contributed by atoms with Crippen molar-refractivity contribution in [1.29, 1.82) is 0 Å². The standard InChI is InChI=1S/C22H25FN6O/c23-18-10-15(5-6-17(18)22(30)27-12-16-2-1-9-24-16)19-13-26-21-8-7-20(28-29(19)21)25-11-14-3-4-14/h5-8,10,13-14,16,24H,1-4,9,11-12H2,(H,25,28)(H,27,30)/t16-/m0/s1. The predicted molar refractivity (Wildman–Crippen MR) is 113 cm³/mol. The van der Waals surface area contributed by atoms with Gasteiger partial charge in [0.15, 0.2) is 5.65 Å². The smallest absolute Gasteiger partial charge is 0.254 e. The summed E-state index contributed by atoms with van der Waals surface area (Å²) in [5.41, 5.74) is 2.04. The van der Waals surface area contributed by atoms with Crippen molar-refractivity contribution in [3.63, 3.8) is 0 Å². The molecule has 3 N–H and O–H groups in total. The maximum atomic E-state index is 14.8. The van der Waals surface area contributed by atoms with Gasteiger partial charge in [0.05, 0.1) is 17.5 Å². The quantitative estimate of drug-likeness (QED) is 0.560. The Morgan fingerprint density at radius 1 is 1.20 bits per heavy atom. The van der Waals surface area contributed by atoms with E-state index >= 15 is 0 Å². The van der Waals surface area contributed by atoms with Crippen LogP contribution >= 0.6 is 0 Å². The number of amides is 1. The number of fused-ring (bicyclic) bond motifs is 1. The van der Waals surface area contributed by atoms with E-state index in [0.717, 1.165) is 37.7 Å². The Kier molecular flexibility index (Phi) is 5.08. The molecule has 2 aromatic heterocycles. The lowest BCUT2D eigenvalue weighted by atomic mass is 10.1. The van der Waals surface area contributed by atoms with Gasteiger partial charge in [-0.25, -0.2) is 13.9 Å². The van der Waals surface area contributed by atoms with E-state index in [0.29, 0.717) is 23.4 Å². The van der Waals surface area contributed by atoms with Crippen LogP contribution in [0.25, 0.3) is 16.9 Å². The second-order valence-electron chi connectivity index (χ2n) is 8.15. The molecule has 2 aliphatic rings. The van der Waals surface area contributed by atoms with Crippen LogP contribution in [-0.4, -0.2) is 46.2 Å². The van der Waals surface area contributed by atoms with Crippen LogP contribution in [0.2, 0.25) is 0 Å². The highest BCUT2D eigenvalue weighted by Crippen LogP contribution is 2.29. The Balaban J connectivity index is 1.34. The Morgan fingerprint density at radius 3 is 2.87 bits per heavy atom. The monoisotopic (exact) mass is 408 g/mol. The Morgan fingerprint density at radius 2 is 2.10 bits per heavy atom. The lowest BCUT2D eigenvalue weighted by Crippen LogP contribution is -2.37. The summed E-state index contributed by atoms with van der Waals surface area (Å²) in [6, 6.07) is 8.70. The van der Waals surface area contributed by atoms with Crippen molar-refractivity contribution in [2.45, 2.75) is 31.7 Å². The van der Waals surface area contributed by atoms with Crippen LogP contribution in [0.15, 0.2) is 36.5 Å². The van der Waals surface area contributed by atoms with E-state index in [1.165, 1.54) is 25.0 Å². The first-order chi connectivity index (χ1) is 14.7. The Bertz CT molecular complexity index is 1070. The van der Waals surface area contributed by atoms with Gasteiger partial charge < -0.3 is 16.0 Å². The van der Waals surface area contributed by atoms with Crippen LogP contribution in [0.4, 0.5) is 10.2 Å². The maximum Gasteiger partial charge on any atom is 0.254 e. The molecule has 30 heavy (non-hydrogen) atoms. The minimum Gasteiger partial charge on any atom is -0.368 e. The van der Waals surface area contributed by atoms with E-state index in [4.69, 9.17) is 0 Å². The summed E-state index contributed by atoms with van der Waals surface area (Å²) < 4.78 is 16.5.